The first-order valence-corrected chi connectivity index (χ1v) is 8.45. The summed E-state index contributed by atoms with van der Waals surface area (Å²) >= 11 is 0. The van der Waals surface area contributed by atoms with Crippen LogP contribution in [0.3, 0.4) is 0 Å². The van der Waals surface area contributed by atoms with E-state index in [0.717, 1.165) is 12.1 Å². The van der Waals surface area contributed by atoms with Crippen molar-refractivity contribution in [2.45, 2.75) is 18.9 Å². The molecule has 1 heterocycles. The fraction of sp³-hybridized carbons (Fsp3) is 0.316. The lowest BCUT2D eigenvalue weighted by Crippen LogP contribution is -2.42. The SMILES string of the molecule is COC1=CC2=C1N(CC(O)OC)C=C(C(=O)NCc1ccc(F)cc1F)C2O. The van der Waals surface area contributed by atoms with E-state index in [0.29, 0.717) is 17.0 Å². The zero-order valence-electron chi connectivity index (χ0n) is 15.3. The lowest BCUT2D eigenvalue weighted by Gasteiger charge is -2.38. The molecule has 0 fully saturated rings. The van der Waals surface area contributed by atoms with Gasteiger partial charge >= 0.3 is 0 Å². The van der Waals surface area contributed by atoms with Crippen molar-refractivity contribution in [3.63, 3.8) is 0 Å². The maximum atomic E-state index is 13.7. The third kappa shape index (κ3) is 3.77. The van der Waals surface area contributed by atoms with E-state index in [-0.39, 0.29) is 24.2 Å². The van der Waals surface area contributed by atoms with Gasteiger partial charge in [0.25, 0.3) is 5.91 Å². The first-order valence-electron chi connectivity index (χ1n) is 8.45. The molecule has 0 saturated carbocycles. The molecule has 1 aliphatic heterocycles. The Morgan fingerprint density at radius 1 is 1.36 bits per heavy atom. The molecule has 0 spiro atoms. The van der Waals surface area contributed by atoms with Crippen LogP contribution in [0.15, 0.2) is 53.1 Å². The molecule has 3 N–H and O–H groups in total. The highest BCUT2D eigenvalue weighted by Crippen LogP contribution is 2.39. The number of carbonyl (C=O) groups excluding carboxylic acids is 1. The Hall–Kier alpha value is -2.75. The number of hydrogen-bond acceptors (Lipinski definition) is 6. The van der Waals surface area contributed by atoms with Crippen molar-refractivity contribution in [1.82, 2.24) is 10.2 Å². The smallest absolute Gasteiger partial charge is 0.251 e. The standard InChI is InChI=1S/C19H20F2N2O5/c1-27-15-6-12-17(15)23(9-16(24)28-2)8-13(18(12)25)19(26)22-7-10-3-4-11(20)5-14(10)21/h3-6,8,16,18,24-25H,7,9H2,1-2H3,(H,22,26). The molecule has 9 heteroatoms. The minimum Gasteiger partial charge on any atom is -0.495 e. The highest BCUT2D eigenvalue weighted by Gasteiger charge is 2.38. The quantitative estimate of drug-likeness (QED) is 0.596. The molecule has 2 unspecified atom stereocenters. The molecule has 2 aliphatic rings. The number of carbonyl (C=O) groups is 1. The molecule has 0 aromatic heterocycles. The molecule has 150 valence electrons. The molecular weight excluding hydrogens is 374 g/mol. The lowest BCUT2D eigenvalue weighted by molar-refractivity contribution is -0.118. The molecular formula is C19H20F2N2O5. The Balaban J connectivity index is 1.76. The van der Waals surface area contributed by atoms with E-state index in [1.54, 1.807) is 11.0 Å². The van der Waals surface area contributed by atoms with Gasteiger partial charge in [-0.05, 0) is 12.1 Å². The predicted molar refractivity (Wildman–Crippen MR) is 94.1 cm³/mol. The first-order chi connectivity index (χ1) is 13.3. The van der Waals surface area contributed by atoms with E-state index < -0.39 is 29.9 Å². The lowest BCUT2D eigenvalue weighted by atomic mass is 9.88. The van der Waals surface area contributed by atoms with Crippen LogP contribution in [0.1, 0.15) is 5.56 Å². The molecule has 0 saturated heterocycles. The first kappa shape index (κ1) is 20.0. The number of halogens is 2. The molecule has 1 amide bonds. The highest BCUT2D eigenvalue weighted by molar-refractivity contribution is 5.96. The van der Waals surface area contributed by atoms with Crippen molar-refractivity contribution in [2.75, 3.05) is 20.8 Å². The van der Waals surface area contributed by atoms with Gasteiger partial charge in [0.2, 0.25) is 0 Å². The summed E-state index contributed by atoms with van der Waals surface area (Å²) in [6, 6.07) is 3.06. The van der Waals surface area contributed by atoms with Crippen LogP contribution in [0.2, 0.25) is 0 Å². The Morgan fingerprint density at radius 2 is 2.11 bits per heavy atom. The molecule has 1 aliphatic carbocycles. The summed E-state index contributed by atoms with van der Waals surface area (Å²) in [5.41, 5.74) is 1.13. The van der Waals surface area contributed by atoms with E-state index in [2.05, 4.69) is 5.32 Å². The van der Waals surface area contributed by atoms with E-state index in [9.17, 15) is 23.8 Å². The topological polar surface area (TPSA) is 91.3 Å². The van der Waals surface area contributed by atoms with Crippen molar-refractivity contribution in [1.29, 1.82) is 0 Å². The summed E-state index contributed by atoms with van der Waals surface area (Å²) in [4.78, 5) is 14.1. The van der Waals surface area contributed by atoms with Crippen molar-refractivity contribution in [3.05, 3.63) is 70.3 Å². The average Bonchev–Trinajstić information content (AvgIpc) is 2.63. The molecule has 0 radical (unpaired) electrons. The molecule has 2 atom stereocenters. The van der Waals surface area contributed by atoms with E-state index in [1.807, 2.05) is 0 Å². The van der Waals surface area contributed by atoms with Crippen LogP contribution < -0.4 is 5.32 Å². The van der Waals surface area contributed by atoms with Crippen LogP contribution in [0.25, 0.3) is 0 Å². The van der Waals surface area contributed by atoms with Crippen molar-refractivity contribution < 1.29 is 33.3 Å². The molecule has 7 nitrogen and oxygen atoms in total. The second kappa shape index (κ2) is 8.09. The summed E-state index contributed by atoms with van der Waals surface area (Å²) in [7, 11) is 2.80. The van der Waals surface area contributed by atoms with Gasteiger partial charge in [-0.2, -0.15) is 0 Å². The third-order valence-corrected chi connectivity index (χ3v) is 4.53. The Kier molecular flexibility index (Phi) is 5.78. The van der Waals surface area contributed by atoms with Gasteiger partial charge in [-0.3, -0.25) is 4.79 Å². The summed E-state index contributed by atoms with van der Waals surface area (Å²) in [6.07, 6.45) is 0.639. The Morgan fingerprint density at radius 3 is 2.75 bits per heavy atom. The molecule has 1 aromatic rings. The van der Waals surface area contributed by atoms with Crippen LogP contribution in [-0.4, -0.2) is 54.2 Å². The summed E-state index contributed by atoms with van der Waals surface area (Å²) in [5, 5.41) is 22.8. The van der Waals surface area contributed by atoms with Gasteiger partial charge < -0.3 is 29.9 Å². The predicted octanol–water partition coefficient (Wildman–Crippen LogP) is 0.904. The second-order valence-corrected chi connectivity index (χ2v) is 6.26. The molecule has 1 aromatic carbocycles. The molecule has 3 rings (SSSR count). The number of nitrogens with one attached hydrogen (secondary N) is 1. The normalized spacial score (nSPS) is 19.4. The van der Waals surface area contributed by atoms with Gasteiger partial charge in [0.05, 0.1) is 24.9 Å². The minimum absolute atomic E-state index is 0.00608. The summed E-state index contributed by atoms with van der Waals surface area (Å²) in [5.74, 6) is -1.61. The maximum absolute atomic E-state index is 13.7. The Bertz CT molecular complexity index is 881. The van der Waals surface area contributed by atoms with Crippen LogP contribution in [0, 0.1) is 11.6 Å². The van der Waals surface area contributed by atoms with E-state index >= 15 is 0 Å². The number of aliphatic hydroxyl groups is 2. The fourth-order valence-corrected chi connectivity index (χ4v) is 3.00. The number of rotatable bonds is 7. The maximum Gasteiger partial charge on any atom is 0.251 e. The third-order valence-electron chi connectivity index (χ3n) is 4.53. The Labute approximate surface area is 160 Å². The van der Waals surface area contributed by atoms with Gasteiger partial charge in [0, 0.05) is 37.1 Å². The zero-order chi connectivity index (χ0) is 20.4. The average molecular weight is 394 g/mol. The number of ether oxygens (including phenoxy) is 2. The van der Waals surface area contributed by atoms with Crippen molar-refractivity contribution in [3.8, 4) is 0 Å². The number of methoxy groups -OCH3 is 2. The number of β-amino-alcohol motifs (C(OH)–C–C–N with tert-alkyl or cyclic N) is 1. The number of benzene rings is 1. The number of nitrogens with zero attached hydrogens (tertiary/aromatic N) is 1. The van der Waals surface area contributed by atoms with Gasteiger partial charge in [-0.1, -0.05) is 6.07 Å². The van der Waals surface area contributed by atoms with E-state index in [1.165, 1.54) is 26.5 Å². The van der Waals surface area contributed by atoms with Gasteiger partial charge in [0.1, 0.15) is 23.5 Å². The summed E-state index contributed by atoms with van der Waals surface area (Å²) in [6.45, 7) is -0.174. The zero-order valence-corrected chi connectivity index (χ0v) is 15.3. The summed E-state index contributed by atoms with van der Waals surface area (Å²) < 4.78 is 36.8. The van der Waals surface area contributed by atoms with Crippen LogP contribution in [0.4, 0.5) is 8.78 Å². The van der Waals surface area contributed by atoms with Crippen molar-refractivity contribution in [2.24, 2.45) is 0 Å². The van der Waals surface area contributed by atoms with Gasteiger partial charge in [-0.25, -0.2) is 8.78 Å². The minimum atomic E-state index is -1.21. The molecule has 28 heavy (non-hydrogen) atoms. The number of amides is 1. The second-order valence-electron chi connectivity index (χ2n) is 6.26. The monoisotopic (exact) mass is 394 g/mol. The number of aliphatic hydroxyl groups excluding tert-OH is 2. The van der Waals surface area contributed by atoms with Crippen LogP contribution >= 0.6 is 0 Å². The van der Waals surface area contributed by atoms with Gasteiger partial charge in [-0.15, -0.1) is 0 Å². The number of hydrogen-bond donors (Lipinski definition) is 3. The highest BCUT2D eigenvalue weighted by atomic mass is 19.1. The van der Waals surface area contributed by atoms with Crippen molar-refractivity contribution >= 4 is 5.91 Å². The molecule has 0 bridgehead atoms. The van der Waals surface area contributed by atoms with Gasteiger partial charge in [0.15, 0.2) is 6.29 Å². The van der Waals surface area contributed by atoms with Crippen LogP contribution in [-0.2, 0) is 20.8 Å². The fourth-order valence-electron chi connectivity index (χ4n) is 3.00. The van der Waals surface area contributed by atoms with Crippen LogP contribution in [0.5, 0.6) is 0 Å². The van der Waals surface area contributed by atoms with E-state index in [4.69, 9.17) is 9.47 Å². The largest absolute Gasteiger partial charge is 0.495 e.